The van der Waals surface area contributed by atoms with Crippen LogP contribution < -0.4 is 5.32 Å². The predicted octanol–water partition coefficient (Wildman–Crippen LogP) is 2.54. The molecule has 0 unspecified atom stereocenters. The average molecular weight is 224 g/mol. The van der Waals surface area contributed by atoms with Gasteiger partial charge < -0.3 is 5.32 Å². The molecule has 1 aromatic carbocycles. The second-order valence-electron chi connectivity index (χ2n) is 3.70. The van der Waals surface area contributed by atoms with Crippen LogP contribution >= 0.6 is 15.9 Å². The molecular formula is C10H10BrN. The van der Waals surface area contributed by atoms with Crippen molar-refractivity contribution in [2.45, 2.75) is 24.9 Å². The Morgan fingerprint density at radius 2 is 2.17 bits per heavy atom. The van der Waals surface area contributed by atoms with Gasteiger partial charge in [-0.15, -0.1) is 0 Å². The lowest BCUT2D eigenvalue weighted by molar-refractivity contribution is 0.574. The Kier molecular flexibility index (Phi) is 1.25. The smallest absolute Gasteiger partial charge is 0.0442 e. The molecule has 12 heavy (non-hydrogen) atoms. The summed E-state index contributed by atoms with van der Waals surface area (Å²) in [5.74, 6) is 0. The van der Waals surface area contributed by atoms with Crippen LogP contribution in [0.3, 0.4) is 0 Å². The molecule has 0 bridgehead atoms. The fourth-order valence-electron chi connectivity index (χ4n) is 2.11. The maximum absolute atomic E-state index is 3.59. The average Bonchev–Trinajstić information content (AvgIpc) is 2.73. The van der Waals surface area contributed by atoms with Crippen LogP contribution in [-0.4, -0.2) is 0 Å². The van der Waals surface area contributed by atoms with Crippen molar-refractivity contribution < 1.29 is 0 Å². The van der Waals surface area contributed by atoms with Crippen molar-refractivity contribution in [3.63, 3.8) is 0 Å². The quantitative estimate of drug-likeness (QED) is 0.714. The summed E-state index contributed by atoms with van der Waals surface area (Å²) in [5, 5.41) is 3.58. The van der Waals surface area contributed by atoms with Gasteiger partial charge in [0, 0.05) is 16.6 Å². The Labute approximate surface area is 80.3 Å². The molecule has 2 heteroatoms. The lowest BCUT2D eigenvalue weighted by atomic mass is 10.0. The third kappa shape index (κ3) is 0.771. The van der Waals surface area contributed by atoms with Crippen molar-refractivity contribution in [3.05, 3.63) is 33.8 Å². The van der Waals surface area contributed by atoms with E-state index in [0.29, 0.717) is 5.54 Å². The zero-order chi connectivity index (χ0) is 8.18. The molecule has 1 fully saturated rings. The molecule has 1 N–H and O–H groups in total. The van der Waals surface area contributed by atoms with Crippen LogP contribution in [0, 0.1) is 0 Å². The highest BCUT2D eigenvalue weighted by Gasteiger charge is 2.48. The molecule has 1 aromatic rings. The van der Waals surface area contributed by atoms with Gasteiger partial charge in [-0.05, 0) is 30.0 Å². The molecule has 1 spiro atoms. The fourth-order valence-corrected chi connectivity index (χ4v) is 2.62. The molecule has 0 saturated heterocycles. The first kappa shape index (κ1) is 7.10. The van der Waals surface area contributed by atoms with E-state index in [1.807, 2.05) is 0 Å². The number of nitrogens with one attached hydrogen (secondary N) is 1. The van der Waals surface area contributed by atoms with Crippen LogP contribution in [0.2, 0.25) is 0 Å². The van der Waals surface area contributed by atoms with Crippen LogP contribution in [0.4, 0.5) is 0 Å². The Hall–Kier alpha value is -0.340. The molecular weight excluding hydrogens is 214 g/mol. The minimum atomic E-state index is 0.388. The summed E-state index contributed by atoms with van der Waals surface area (Å²) in [6, 6.07) is 6.52. The number of hydrogen-bond acceptors (Lipinski definition) is 1. The molecule has 1 aliphatic heterocycles. The second-order valence-corrected chi connectivity index (χ2v) is 4.56. The lowest BCUT2D eigenvalue weighted by Gasteiger charge is -2.07. The van der Waals surface area contributed by atoms with Gasteiger partial charge in [0.15, 0.2) is 0 Å². The number of rotatable bonds is 0. The minimum absolute atomic E-state index is 0.388. The van der Waals surface area contributed by atoms with E-state index in [-0.39, 0.29) is 0 Å². The summed E-state index contributed by atoms with van der Waals surface area (Å²) in [7, 11) is 0. The third-order valence-electron chi connectivity index (χ3n) is 2.99. The Morgan fingerprint density at radius 1 is 1.33 bits per heavy atom. The molecule has 0 atom stereocenters. The molecule has 0 radical (unpaired) electrons. The molecule has 1 aliphatic carbocycles. The second kappa shape index (κ2) is 2.12. The van der Waals surface area contributed by atoms with Crippen LogP contribution in [0.5, 0.6) is 0 Å². The molecule has 0 aromatic heterocycles. The van der Waals surface area contributed by atoms with Crippen molar-refractivity contribution in [3.8, 4) is 0 Å². The highest BCUT2D eigenvalue weighted by Crippen LogP contribution is 2.51. The first-order valence-corrected chi connectivity index (χ1v) is 5.14. The van der Waals surface area contributed by atoms with Crippen LogP contribution in [0.15, 0.2) is 22.7 Å². The van der Waals surface area contributed by atoms with E-state index < -0.39 is 0 Å². The summed E-state index contributed by atoms with van der Waals surface area (Å²) < 4.78 is 1.26. The number of halogens is 1. The molecule has 3 rings (SSSR count). The molecule has 1 nitrogen and oxygen atoms in total. The van der Waals surface area contributed by atoms with Gasteiger partial charge in [-0.2, -0.15) is 0 Å². The largest absolute Gasteiger partial charge is 0.303 e. The zero-order valence-corrected chi connectivity index (χ0v) is 8.32. The summed E-state index contributed by atoms with van der Waals surface area (Å²) in [6.45, 7) is 1.04. The monoisotopic (exact) mass is 223 g/mol. The van der Waals surface area contributed by atoms with Gasteiger partial charge >= 0.3 is 0 Å². The van der Waals surface area contributed by atoms with Crippen molar-refractivity contribution in [2.75, 3.05) is 0 Å². The number of fused-ring (bicyclic) bond motifs is 2. The molecule has 2 aliphatic rings. The first-order chi connectivity index (χ1) is 5.82. The summed E-state index contributed by atoms with van der Waals surface area (Å²) >= 11 is 3.59. The third-order valence-corrected chi connectivity index (χ3v) is 3.73. The Morgan fingerprint density at radius 3 is 2.92 bits per heavy atom. The highest BCUT2D eigenvalue weighted by molar-refractivity contribution is 9.10. The van der Waals surface area contributed by atoms with E-state index in [1.54, 1.807) is 0 Å². The van der Waals surface area contributed by atoms with Crippen molar-refractivity contribution >= 4 is 15.9 Å². The van der Waals surface area contributed by atoms with Gasteiger partial charge in [0.05, 0.1) is 0 Å². The van der Waals surface area contributed by atoms with E-state index >= 15 is 0 Å². The van der Waals surface area contributed by atoms with E-state index in [9.17, 15) is 0 Å². The summed E-state index contributed by atoms with van der Waals surface area (Å²) in [4.78, 5) is 0. The Bertz CT molecular complexity index is 342. The van der Waals surface area contributed by atoms with E-state index in [0.717, 1.165) is 6.54 Å². The predicted molar refractivity (Wildman–Crippen MR) is 51.9 cm³/mol. The van der Waals surface area contributed by atoms with Crippen LogP contribution in [0.25, 0.3) is 0 Å². The van der Waals surface area contributed by atoms with Crippen LogP contribution in [-0.2, 0) is 12.1 Å². The van der Waals surface area contributed by atoms with Gasteiger partial charge in [0.25, 0.3) is 0 Å². The normalized spacial score (nSPS) is 22.8. The Balaban J connectivity index is 2.23. The van der Waals surface area contributed by atoms with Gasteiger partial charge in [0.2, 0.25) is 0 Å². The SMILES string of the molecule is Brc1cccc2c1CNC21CC1. The van der Waals surface area contributed by atoms with E-state index in [4.69, 9.17) is 0 Å². The summed E-state index contributed by atoms with van der Waals surface area (Å²) in [5.41, 5.74) is 3.38. The fraction of sp³-hybridized carbons (Fsp3) is 0.400. The van der Waals surface area contributed by atoms with Gasteiger partial charge in [-0.3, -0.25) is 0 Å². The standard InChI is InChI=1S/C10H10BrN/c11-9-3-1-2-8-7(9)6-12-10(8)4-5-10/h1-3,12H,4-6H2. The van der Waals surface area contributed by atoms with E-state index in [2.05, 4.69) is 39.4 Å². The topological polar surface area (TPSA) is 12.0 Å². The van der Waals surface area contributed by atoms with Crippen molar-refractivity contribution in [1.29, 1.82) is 0 Å². The number of hydrogen-bond donors (Lipinski definition) is 1. The molecule has 0 amide bonds. The van der Waals surface area contributed by atoms with Gasteiger partial charge in [-0.1, -0.05) is 28.1 Å². The zero-order valence-electron chi connectivity index (χ0n) is 6.73. The highest BCUT2D eigenvalue weighted by atomic mass is 79.9. The number of benzene rings is 1. The minimum Gasteiger partial charge on any atom is -0.303 e. The van der Waals surface area contributed by atoms with E-state index in [1.165, 1.54) is 28.4 Å². The maximum Gasteiger partial charge on any atom is 0.0442 e. The molecule has 62 valence electrons. The first-order valence-electron chi connectivity index (χ1n) is 4.35. The molecule has 1 saturated carbocycles. The molecule has 1 heterocycles. The lowest BCUT2D eigenvalue weighted by Crippen LogP contribution is -2.19. The van der Waals surface area contributed by atoms with Crippen molar-refractivity contribution in [1.82, 2.24) is 5.32 Å². The van der Waals surface area contributed by atoms with Crippen molar-refractivity contribution in [2.24, 2.45) is 0 Å². The summed E-state index contributed by atoms with van der Waals surface area (Å²) in [6.07, 6.45) is 2.63. The van der Waals surface area contributed by atoms with Crippen LogP contribution in [0.1, 0.15) is 24.0 Å². The van der Waals surface area contributed by atoms with Gasteiger partial charge in [0.1, 0.15) is 0 Å². The maximum atomic E-state index is 3.59. The van der Waals surface area contributed by atoms with Gasteiger partial charge in [-0.25, -0.2) is 0 Å².